The number of hydrogen-bond acceptors (Lipinski definition) is 9. The largest absolute Gasteiger partial charge is 0.476 e. The van der Waals surface area contributed by atoms with Crippen LogP contribution in [0.2, 0.25) is 0 Å². The molecule has 10 heteroatoms. The van der Waals surface area contributed by atoms with Gasteiger partial charge in [-0.05, 0) is 18.2 Å². The second-order valence-corrected chi connectivity index (χ2v) is 8.19. The minimum atomic E-state index is -0.305. The van der Waals surface area contributed by atoms with Crippen LogP contribution in [0.1, 0.15) is 24.3 Å². The lowest BCUT2D eigenvalue weighted by Gasteiger charge is -2.27. The third-order valence-electron chi connectivity index (χ3n) is 5.60. The van der Waals surface area contributed by atoms with Gasteiger partial charge in [-0.3, -0.25) is 9.69 Å². The van der Waals surface area contributed by atoms with Gasteiger partial charge >= 0.3 is 0 Å². The first kappa shape index (κ1) is 26.7. The van der Waals surface area contributed by atoms with Crippen molar-refractivity contribution in [2.75, 3.05) is 95.0 Å². The van der Waals surface area contributed by atoms with Gasteiger partial charge < -0.3 is 29.3 Å². The van der Waals surface area contributed by atoms with E-state index in [1.165, 1.54) is 0 Å². The smallest absolute Gasteiger partial charge is 0.274 e. The molecule has 192 valence electrons. The number of amides is 1. The molecular formula is C25H38N6O4. The molecule has 0 radical (unpaired) electrons. The van der Waals surface area contributed by atoms with E-state index in [-0.39, 0.29) is 11.6 Å². The van der Waals surface area contributed by atoms with Gasteiger partial charge in [0, 0.05) is 64.3 Å². The highest BCUT2D eigenvalue weighted by atomic mass is 16.5. The summed E-state index contributed by atoms with van der Waals surface area (Å²) in [7, 11) is 3.92. The summed E-state index contributed by atoms with van der Waals surface area (Å²) in [4.78, 5) is 28.5. The summed E-state index contributed by atoms with van der Waals surface area (Å²) in [5.41, 5.74) is 1.97. The Labute approximate surface area is 208 Å². The molecule has 0 unspecified atom stereocenters. The molecule has 4 rings (SSSR count). The van der Waals surface area contributed by atoms with E-state index < -0.39 is 0 Å². The van der Waals surface area contributed by atoms with Crippen molar-refractivity contribution in [3.63, 3.8) is 0 Å². The van der Waals surface area contributed by atoms with Gasteiger partial charge in [0.05, 0.1) is 26.4 Å². The number of carbonyl (C=O) groups excluding carboxylic acids is 1. The van der Waals surface area contributed by atoms with Crippen LogP contribution in [-0.2, 0) is 9.47 Å². The summed E-state index contributed by atoms with van der Waals surface area (Å²) in [6, 6.07) is 9.27. The van der Waals surface area contributed by atoms with Crippen LogP contribution in [0.3, 0.4) is 0 Å². The van der Waals surface area contributed by atoms with Gasteiger partial charge in [-0.2, -0.15) is 4.98 Å². The van der Waals surface area contributed by atoms with E-state index in [2.05, 4.69) is 20.2 Å². The molecule has 35 heavy (non-hydrogen) atoms. The Morgan fingerprint density at radius 3 is 2.40 bits per heavy atom. The lowest BCUT2D eigenvalue weighted by Crippen LogP contribution is -2.39. The topological polar surface area (TPSA) is 92.3 Å². The van der Waals surface area contributed by atoms with Crippen molar-refractivity contribution in [1.82, 2.24) is 14.9 Å². The maximum absolute atomic E-state index is 13.1. The molecule has 10 nitrogen and oxygen atoms in total. The fourth-order valence-electron chi connectivity index (χ4n) is 3.67. The molecule has 3 heterocycles. The number of anilines is 3. The van der Waals surface area contributed by atoms with E-state index in [1.54, 1.807) is 6.07 Å². The van der Waals surface area contributed by atoms with Crippen molar-refractivity contribution in [1.29, 1.82) is 0 Å². The predicted octanol–water partition coefficient (Wildman–Crippen LogP) is 2.37. The Morgan fingerprint density at radius 1 is 1.03 bits per heavy atom. The Morgan fingerprint density at radius 2 is 1.71 bits per heavy atom. The molecule has 1 aromatic heterocycles. The molecule has 0 saturated carbocycles. The standard InChI is InChI=1S/C23H32N6O4.C2H6/c1-27(2)19-5-3-4-18(16-19)24-22(30)20-17-21(33-15-8-28-6-11-31-12-7-28)26-23(25-20)29-9-13-32-14-10-29;1-2/h3-5,16-17H,6-15H2,1-2H3,(H,24,30);1-2H3. The first-order chi connectivity index (χ1) is 17.1. The average molecular weight is 487 g/mol. The molecule has 2 aliphatic heterocycles. The number of aromatic nitrogens is 2. The molecule has 2 aliphatic rings. The predicted molar refractivity (Wildman–Crippen MR) is 138 cm³/mol. The quantitative estimate of drug-likeness (QED) is 0.604. The highest BCUT2D eigenvalue weighted by molar-refractivity contribution is 6.03. The highest BCUT2D eigenvalue weighted by Gasteiger charge is 2.19. The van der Waals surface area contributed by atoms with Crippen LogP contribution < -0.4 is 19.9 Å². The molecule has 2 saturated heterocycles. The van der Waals surface area contributed by atoms with Gasteiger partial charge in [-0.25, -0.2) is 4.98 Å². The summed E-state index contributed by atoms with van der Waals surface area (Å²) in [6.07, 6.45) is 0. The maximum Gasteiger partial charge on any atom is 0.274 e. The number of benzene rings is 1. The fraction of sp³-hybridized carbons (Fsp3) is 0.560. The normalized spacial score (nSPS) is 16.2. The van der Waals surface area contributed by atoms with Crippen LogP contribution >= 0.6 is 0 Å². The van der Waals surface area contributed by atoms with Gasteiger partial charge in [-0.1, -0.05) is 19.9 Å². The third-order valence-corrected chi connectivity index (χ3v) is 5.60. The van der Waals surface area contributed by atoms with Crippen LogP contribution in [0.15, 0.2) is 30.3 Å². The number of morpholine rings is 2. The highest BCUT2D eigenvalue weighted by Crippen LogP contribution is 2.21. The SMILES string of the molecule is CC.CN(C)c1cccc(NC(=O)c2cc(OCCN3CCOCC3)nc(N3CCOCC3)n2)c1. The molecule has 2 aromatic rings. The van der Waals surface area contributed by atoms with Gasteiger partial charge in [0.2, 0.25) is 11.8 Å². The van der Waals surface area contributed by atoms with Crippen LogP contribution in [0.25, 0.3) is 0 Å². The second kappa shape index (κ2) is 13.8. The molecule has 1 N–H and O–H groups in total. The van der Waals surface area contributed by atoms with E-state index in [0.29, 0.717) is 50.4 Å². The first-order valence-electron chi connectivity index (χ1n) is 12.3. The number of nitrogens with one attached hydrogen (secondary N) is 1. The number of nitrogens with zero attached hydrogens (tertiary/aromatic N) is 5. The molecule has 1 aromatic carbocycles. The van der Waals surface area contributed by atoms with Crippen molar-refractivity contribution in [3.05, 3.63) is 36.0 Å². The second-order valence-electron chi connectivity index (χ2n) is 8.19. The third kappa shape index (κ3) is 8.05. The van der Waals surface area contributed by atoms with E-state index in [0.717, 1.165) is 38.5 Å². The number of ether oxygens (including phenoxy) is 3. The van der Waals surface area contributed by atoms with Gasteiger partial charge in [-0.15, -0.1) is 0 Å². The zero-order valence-electron chi connectivity index (χ0n) is 21.3. The van der Waals surface area contributed by atoms with Crippen molar-refractivity contribution < 1.29 is 19.0 Å². The van der Waals surface area contributed by atoms with E-state index in [1.807, 2.05) is 62.0 Å². The Bertz CT molecular complexity index is 930. The minimum Gasteiger partial charge on any atom is -0.476 e. The van der Waals surface area contributed by atoms with Crippen molar-refractivity contribution in [2.45, 2.75) is 13.8 Å². The number of hydrogen-bond donors (Lipinski definition) is 1. The van der Waals surface area contributed by atoms with E-state index in [9.17, 15) is 4.79 Å². The van der Waals surface area contributed by atoms with E-state index >= 15 is 0 Å². The van der Waals surface area contributed by atoms with Crippen molar-refractivity contribution in [2.24, 2.45) is 0 Å². The number of carbonyl (C=O) groups is 1. The van der Waals surface area contributed by atoms with Crippen LogP contribution in [0.5, 0.6) is 5.88 Å². The Balaban J connectivity index is 0.00000167. The Kier molecular flexibility index (Phi) is 10.5. The summed E-state index contributed by atoms with van der Waals surface area (Å²) >= 11 is 0. The average Bonchev–Trinajstić information content (AvgIpc) is 2.91. The maximum atomic E-state index is 13.1. The van der Waals surface area contributed by atoms with Crippen LogP contribution in [0, 0.1) is 0 Å². The minimum absolute atomic E-state index is 0.267. The first-order valence-corrected chi connectivity index (χ1v) is 12.3. The lowest BCUT2D eigenvalue weighted by atomic mass is 10.2. The zero-order chi connectivity index (χ0) is 25.0. The molecule has 1 amide bonds. The molecule has 2 fully saturated rings. The van der Waals surface area contributed by atoms with Gasteiger partial charge in [0.25, 0.3) is 5.91 Å². The number of rotatable bonds is 8. The van der Waals surface area contributed by atoms with Gasteiger partial charge in [0.1, 0.15) is 12.3 Å². The van der Waals surface area contributed by atoms with Crippen LogP contribution in [0.4, 0.5) is 17.3 Å². The monoisotopic (exact) mass is 486 g/mol. The molecule has 0 spiro atoms. The lowest BCUT2D eigenvalue weighted by molar-refractivity contribution is 0.0320. The molecular weight excluding hydrogens is 448 g/mol. The Hall–Kier alpha value is -2.95. The van der Waals surface area contributed by atoms with Crippen LogP contribution in [-0.4, -0.2) is 101 Å². The summed E-state index contributed by atoms with van der Waals surface area (Å²) in [5.74, 6) is 0.571. The summed E-state index contributed by atoms with van der Waals surface area (Å²) in [6.45, 7) is 11.1. The zero-order valence-corrected chi connectivity index (χ0v) is 21.3. The summed E-state index contributed by atoms with van der Waals surface area (Å²) in [5, 5.41) is 2.94. The van der Waals surface area contributed by atoms with Gasteiger partial charge in [0.15, 0.2) is 0 Å². The van der Waals surface area contributed by atoms with Crippen molar-refractivity contribution >= 4 is 23.2 Å². The van der Waals surface area contributed by atoms with Crippen molar-refractivity contribution in [3.8, 4) is 5.88 Å². The molecule has 0 bridgehead atoms. The molecule has 0 atom stereocenters. The van der Waals surface area contributed by atoms with E-state index in [4.69, 9.17) is 14.2 Å². The summed E-state index contributed by atoms with van der Waals surface area (Å²) < 4.78 is 16.8. The molecule has 0 aliphatic carbocycles. The fourth-order valence-corrected chi connectivity index (χ4v) is 3.67.